The molecular formula is C20H18O2. The number of ketones is 2. The lowest BCUT2D eigenvalue weighted by Gasteiger charge is -2.11. The van der Waals surface area contributed by atoms with Crippen molar-refractivity contribution >= 4 is 17.6 Å². The fourth-order valence-corrected chi connectivity index (χ4v) is 3.08. The summed E-state index contributed by atoms with van der Waals surface area (Å²) >= 11 is 0. The van der Waals surface area contributed by atoms with Crippen LogP contribution >= 0.6 is 0 Å². The standard InChI is InChI=1S/C20H18O2/c1-13-7-3-4-8-15(13)12-19-18(11-14(2)21)16-9-5-6-10-17(16)20(19)22/h3-10,12,18H,11H2,1-2H3/b19-12-. The smallest absolute Gasteiger partial charge is 0.189 e. The molecule has 0 spiro atoms. The Morgan fingerprint density at radius 2 is 1.77 bits per heavy atom. The highest BCUT2D eigenvalue weighted by Gasteiger charge is 2.34. The number of rotatable bonds is 3. The van der Waals surface area contributed by atoms with Crippen LogP contribution in [0.1, 0.15) is 46.3 Å². The average molecular weight is 290 g/mol. The minimum Gasteiger partial charge on any atom is -0.300 e. The highest BCUT2D eigenvalue weighted by Crippen LogP contribution is 2.40. The number of benzene rings is 2. The molecule has 2 aromatic rings. The third-order valence-corrected chi connectivity index (χ3v) is 4.21. The van der Waals surface area contributed by atoms with Crippen LogP contribution in [0, 0.1) is 6.92 Å². The lowest BCUT2D eigenvalue weighted by molar-refractivity contribution is -0.117. The molecule has 0 N–H and O–H groups in total. The minimum atomic E-state index is -0.124. The van der Waals surface area contributed by atoms with Crippen LogP contribution < -0.4 is 0 Å². The summed E-state index contributed by atoms with van der Waals surface area (Å²) in [7, 11) is 0. The topological polar surface area (TPSA) is 34.1 Å². The second-order valence-corrected chi connectivity index (χ2v) is 5.83. The van der Waals surface area contributed by atoms with Gasteiger partial charge in [-0.05, 0) is 36.6 Å². The van der Waals surface area contributed by atoms with Crippen LogP contribution in [0.4, 0.5) is 0 Å². The van der Waals surface area contributed by atoms with Gasteiger partial charge in [-0.15, -0.1) is 0 Å². The van der Waals surface area contributed by atoms with Crippen molar-refractivity contribution in [3.8, 4) is 0 Å². The average Bonchev–Trinajstić information content (AvgIpc) is 2.75. The van der Waals surface area contributed by atoms with E-state index in [1.54, 1.807) is 6.92 Å². The fraction of sp³-hybridized carbons (Fsp3) is 0.200. The zero-order valence-electron chi connectivity index (χ0n) is 12.8. The molecule has 1 atom stereocenters. The molecular weight excluding hydrogens is 272 g/mol. The molecule has 110 valence electrons. The first-order valence-corrected chi connectivity index (χ1v) is 7.48. The van der Waals surface area contributed by atoms with Crippen molar-refractivity contribution in [2.24, 2.45) is 0 Å². The Labute approximate surface area is 130 Å². The van der Waals surface area contributed by atoms with E-state index in [1.165, 1.54) is 0 Å². The van der Waals surface area contributed by atoms with E-state index in [0.29, 0.717) is 6.42 Å². The summed E-state index contributed by atoms with van der Waals surface area (Å²) in [6.07, 6.45) is 2.33. The van der Waals surface area contributed by atoms with Crippen LogP contribution in [0.5, 0.6) is 0 Å². The predicted molar refractivity (Wildman–Crippen MR) is 88.0 cm³/mol. The van der Waals surface area contributed by atoms with E-state index >= 15 is 0 Å². The summed E-state index contributed by atoms with van der Waals surface area (Å²) in [6, 6.07) is 15.6. The van der Waals surface area contributed by atoms with Gasteiger partial charge in [0.25, 0.3) is 0 Å². The summed E-state index contributed by atoms with van der Waals surface area (Å²) in [5, 5.41) is 0. The molecule has 0 radical (unpaired) electrons. The summed E-state index contributed by atoms with van der Waals surface area (Å²) in [6.45, 7) is 3.61. The molecule has 0 saturated heterocycles. The van der Waals surface area contributed by atoms with Gasteiger partial charge in [0.2, 0.25) is 0 Å². The molecule has 2 nitrogen and oxygen atoms in total. The Kier molecular flexibility index (Phi) is 3.76. The van der Waals surface area contributed by atoms with Gasteiger partial charge < -0.3 is 0 Å². The molecule has 2 heteroatoms. The number of carbonyl (C=O) groups is 2. The molecule has 22 heavy (non-hydrogen) atoms. The molecule has 0 aliphatic heterocycles. The number of hydrogen-bond acceptors (Lipinski definition) is 2. The van der Waals surface area contributed by atoms with Crippen LogP contribution in [0.15, 0.2) is 54.1 Å². The van der Waals surface area contributed by atoms with Crippen LogP contribution in [-0.4, -0.2) is 11.6 Å². The monoisotopic (exact) mass is 290 g/mol. The van der Waals surface area contributed by atoms with E-state index in [-0.39, 0.29) is 17.5 Å². The Balaban J connectivity index is 2.12. The molecule has 1 aliphatic carbocycles. The van der Waals surface area contributed by atoms with Crippen molar-refractivity contribution in [3.05, 3.63) is 76.4 Å². The van der Waals surface area contributed by atoms with E-state index in [0.717, 1.165) is 27.8 Å². The molecule has 0 aromatic heterocycles. The summed E-state index contributed by atoms with van der Waals surface area (Å²) < 4.78 is 0. The van der Waals surface area contributed by atoms with Gasteiger partial charge in [-0.2, -0.15) is 0 Å². The van der Waals surface area contributed by atoms with Crippen LogP contribution in [0.3, 0.4) is 0 Å². The first-order valence-electron chi connectivity index (χ1n) is 7.48. The van der Waals surface area contributed by atoms with Crippen molar-refractivity contribution in [1.82, 2.24) is 0 Å². The zero-order chi connectivity index (χ0) is 15.7. The number of allylic oxidation sites excluding steroid dienone is 1. The number of hydrogen-bond donors (Lipinski definition) is 0. The quantitative estimate of drug-likeness (QED) is 0.788. The van der Waals surface area contributed by atoms with Crippen molar-refractivity contribution in [3.63, 3.8) is 0 Å². The molecule has 1 unspecified atom stereocenters. The van der Waals surface area contributed by atoms with E-state index in [9.17, 15) is 9.59 Å². The van der Waals surface area contributed by atoms with Crippen LogP contribution in [0.25, 0.3) is 6.08 Å². The van der Waals surface area contributed by atoms with Crippen molar-refractivity contribution < 1.29 is 9.59 Å². The summed E-state index contributed by atoms with van der Waals surface area (Å²) in [5.41, 5.74) is 4.59. The predicted octanol–water partition coefficient (Wildman–Crippen LogP) is 4.34. The van der Waals surface area contributed by atoms with E-state index in [2.05, 4.69) is 0 Å². The lowest BCUT2D eigenvalue weighted by Crippen LogP contribution is -2.05. The van der Waals surface area contributed by atoms with Gasteiger partial charge in [-0.25, -0.2) is 0 Å². The molecule has 1 aliphatic rings. The Morgan fingerprint density at radius 3 is 2.50 bits per heavy atom. The number of Topliss-reactive ketones (excluding diaryl/α,β-unsaturated/α-hetero) is 2. The second kappa shape index (κ2) is 5.72. The van der Waals surface area contributed by atoms with Crippen LogP contribution in [0.2, 0.25) is 0 Å². The fourth-order valence-electron chi connectivity index (χ4n) is 3.08. The minimum absolute atomic E-state index is 0.0464. The molecule has 2 aromatic carbocycles. The third kappa shape index (κ3) is 2.52. The third-order valence-electron chi connectivity index (χ3n) is 4.21. The molecule has 0 fully saturated rings. The van der Waals surface area contributed by atoms with Crippen molar-refractivity contribution in [1.29, 1.82) is 0 Å². The maximum Gasteiger partial charge on any atom is 0.189 e. The van der Waals surface area contributed by atoms with Gasteiger partial charge in [0.1, 0.15) is 5.78 Å². The maximum atomic E-state index is 12.7. The number of fused-ring (bicyclic) bond motifs is 1. The van der Waals surface area contributed by atoms with E-state index in [1.807, 2.05) is 61.5 Å². The SMILES string of the molecule is CC(=O)CC1/C(=C/c2ccccc2C)C(=O)c2ccccc21. The van der Waals surface area contributed by atoms with Gasteiger partial charge in [0, 0.05) is 23.5 Å². The van der Waals surface area contributed by atoms with Gasteiger partial charge in [0.05, 0.1) is 0 Å². The van der Waals surface area contributed by atoms with Gasteiger partial charge in [0.15, 0.2) is 5.78 Å². The highest BCUT2D eigenvalue weighted by atomic mass is 16.1. The van der Waals surface area contributed by atoms with Gasteiger partial charge in [-0.3, -0.25) is 9.59 Å². The van der Waals surface area contributed by atoms with Gasteiger partial charge >= 0.3 is 0 Å². The number of carbonyl (C=O) groups excluding carboxylic acids is 2. The van der Waals surface area contributed by atoms with Crippen LogP contribution in [-0.2, 0) is 4.79 Å². The summed E-state index contributed by atoms with van der Waals surface area (Å²) in [4.78, 5) is 24.4. The lowest BCUT2D eigenvalue weighted by atomic mass is 9.91. The van der Waals surface area contributed by atoms with Gasteiger partial charge in [-0.1, -0.05) is 48.5 Å². The molecule has 0 saturated carbocycles. The number of aryl methyl sites for hydroxylation is 1. The highest BCUT2D eigenvalue weighted by molar-refractivity contribution is 6.17. The van der Waals surface area contributed by atoms with E-state index < -0.39 is 0 Å². The normalized spacial score (nSPS) is 18.5. The zero-order valence-corrected chi connectivity index (χ0v) is 12.8. The first kappa shape index (κ1) is 14.5. The van der Waals surface area contributed by atoms with Crippen molar-refractivity contribution in [2.45, 2.75) is 26.2 Å². The molecule has 0 heterocycles. The Hall–Kier alpha value is -2.48. The Morgan fingerprint density at radius 1 is 1.09 bits per heavy atom. The molecule has 0 amide bonds. The summed E-state index contributed by atoms with van der Waals surface area (Å²) in [5.74, 6) is 0.0242. The molecule has 3 rings (SSSR count). The van der Waals surface area contributed by atoms with Crippen molar-refractivity contribution in [2.75, 3.05) is 0 Å². The van der Waals surface area contributed by atoms with E-state index in [4.69, 9.17) is 0 Å². The second-order valence-electron chi connectivity index (χ2n) is 5.83. The molecule has 0 bridgehead atoms. The largest absolute Gasteiger partial charge is 0.300 e. The maximum absolute atomic E-state index is 12.7. The first-order chi connectivity index (χ1) is 10.6. The Bertz CT molecular complexity index is 784.